The van der Waals surface area contributed by atoms with Gasteiger partial charge in [0.2, 0.25) is 0 Å². The van der Waals surface area contributed by atoms with Gasteiger partial charge in [-0.3, -0.25) is 10.1 Å². The van der Waals surface area contributed by atoms with Crippen molar-refractivity contribution < 1.29 is 14.2 Å². The Kier molecular flexibility index (Phi) is 4.88. The van der Waals surface area contributed by atoms with Crippen LogP contribution in [0.15, 0.2) is 12.1 Å². The fourth-order valence-electron chi connectivity index (χ4n) is 2.46. The highest BCUT2D eigenvalue weighted by Gasteiger charge is 2.52. The predicted molar refractivity (Wildman–Crippen MR) is 92.3 cm³/mol. The van der Waals surface area contributed by atoms with Gasteiger partial charge >= 0.3 is 7.12 Å². The first-order valence-corrected chi connectivity index (χ1v) is 7.95. The molecule has 1 N–H and O–H groups in total. The first-order valence-electron chi connectivity index (χ1n) is 7.95. The van der Waals surface area contributed by atoms with E-state index in [2.05, 4.69) is 5.32 Å². The Morgan fingerprint density at radius 2 is 1.88 bits per heavy atom. The lowest BCUT2D eigenvalue weighted by molar-refractivity contribution is -0.383. The van der Waals surface area contributed by atoms with Crippen LogP contribution in [0, 0.1) is 21.4 Å². The van der Waals surface area contributed by atoms with Gasteiger partial charge in [0.15, 0.2) is 0 Å². The second-order valence-electron chi connectivity index (χ2n) is 6.84. The zero-order chi connectivity index (χ0) is 18.1. The Bertz CT molecular complexity index is 681. The van der Waals surface area contributed by atoms with Gasteiger partial charge in [-0.15, -0.1) is 0 Å². The van der Waals surface area contributed by atoms with Gasteiger partial charge in [0.25, 0.3) is 5.69 Å². The minimum absolute atomic E-state index is 0.146. The number of nitrogens with one attached hydrogen (secondary N) is 1. The Hall–Kier alpha value is -2.11. The molecule has 1 fully saturated rings. The molecule has 0 amide bonds. The van der Waals surface area contributed by atoms with Crippen LogP contribution in [-0.4, -0.2) is 29.8 Å². The maximum atomic E-state index is 11.4. The van der Waals surface area contributed by atoms with Crippen LogP contribution >= 0.6 is 0 Å². The molecular formula is C16H22BN3O4. The van der Waals surface area contributed by atoms with Crippen molar-refractivity contribution in [3.63, 3.8) is 0 Å². The van der Waals surface area contributed by atoms with Crippen LogP contribution in [0.5, 0.6) is 0 Å². The lowest BCUT2D eigenvalue weighted by Crippen LogP contribution is -2.41. The van der Waals surface area contributed by atoms with E-state index in [1.807, 2.05) is 40.7 Å². The largest absolute Gasteiger partial charge is 0.497 e. The van der Waals surface area contributed by atoms with Crippen LogP contribution in [0.25, 0.3) is 0 Å². The molecule has 7 nitrogen and oxygen atoms in total. The number of hydrogen-bond acceptors (Lipinski definition) is 6. The fraction of sp³-hybridized carbons (Fsp3) is 0.562. The first kappa shape index (κ1) is 18.2. The number of nitrogens with zero attached hydrogens (tertiary/aromatic N) is 2. The van der Waals surface area contributed by atoms with Crippen LogP contribution in [-0.2, 0) is 9.31 Å². The van der Waals surface area contributed by atoms with Gasteiger partial charge in [0.05, 0.1) is 27.8 Å². The quantitative estimate of drug-likeness (QED) is 0.506. The first-order chi connectivity index (χ1) is 11.1. The maximum absolute atomic E-state index is 11.4. The van der Waals surface area contributed by atoms with Crippen LogP contribution in [0.4, 0.5) is 11.4 Å². The van der Waals surface area contributed by atoms with Gasteiger partial charge in [-0.25, -0.2) is 0 Å². The zero-order valence-electron chi connectivity index (χ0n) is 14.7. The van der Waals surface area contributed by atoms with E-state index < -0.39 is 23.2 Å². The Labute approximate surface area is 142 Å². The average molecular weight is 331 g/mol. The summed E-state index contributed by atoms with van der Waals surface area (Å²) in [6.45, 7) is 10.2. The second-order valence-corrected chi connectivity index (χ2v) is 6.84. The Morgan fingerprint density at radius 1 is 1.29 bits per heavy atom. The van der Waals surface area contributed by atoms with Crippen LogP contribution in [0.1, 0.15) is 46.6 Å². The summed E-state index contributed by atoms with van der Waals surface area (Å²) >= 11 is 0. The van der Waals surface area contributed by atoms with Gasteiger partial charge < -0.3 is 14.6 Å². The monoisotopic (exact) mass is 331 g/mol. The third-order valence-electron chi connectivity index (χ3n) is 4.53. The van der Waals surface area contributed by atoms with Crippen molar-refractivity contribution in [2.75, 3.05) is 11.9 Å². The molecule has 0 unspecified atom stereocenters. The minimum atomic E-state index is -0.777. The molecule has 1 aliphatic rings. The van der Waals surface area contributed by atoms with Crippen molar-refractivity contribution in [2.45, 2.75) is 52.2 Å². The lowest BCUT2D eigenvalue weighted by atomic mass is 9.76. The molecule has 128 valence electrons. The van der Waals surface area contributed by atoms with Crippen molar-refractivity contribution in [1.29, 1.82) is 5.26 Å². The van der Waals surface area contributed by atoms with Crippen molar-refractivity contribution in [3.8, 4) is 6.07 Å². The molecule has 2 rings (SSSR count). The van der Waals surface area contributed by atoms with E-state index >= 15 is 0 Å². The highest BCUT2D eigenvalue weighted by atomic mass is 16.7. The molecule has 0 spiro atoms. The van der Waals surface area contributed by atoms with E-state index in [4.69, 9.17) is 9.31 Å². The minimum Gasteiger partial charge on any atom is -0.399 e. The van der Waals surface area contributed by atoms with Gasteiger partial charge in [-0.1, -0.05) is 6.92 Å². The molecule has 0 aliphatic carbocycles. The van der Waals surface area contributed by atoms with E-state index in [0.717, 1.165) is 6.42 Å². The number of nitro groups is 1. The number of nitro benzene ring substituents is 1. The molecule has 8 heteroatoms. The molecule has 0 saturated carbocycles. The number of nitriles is 1. The van der Waals surface area contributed by atoms with Gasteiger partial charge in [0.1, 0.15) is 5.69 Å². The van der Waals surface area contributed by atoms with Gasteiger partial charge in [0, 0.05) is 18.1 Å². The predicted octanol–water partition coefficient (Wildman–Crippen LogP) is 2.59. The standard InChI is InChI=1S/C16H22BN3O4/c1-6-7-19-14-12(8-11(10-18)9-13(14)20(21)22)17-23-15(2,3)16(4,5)24-17/h8-9,19H,6-7H2,1-5H3. The number of hydrogen-bond donors (Lipinski definition) is 1. The third kappa shape index (κ3) is 3.23. The second kappa shape index (κ2) is 6.42. The van der Waals surface area contributed by atoms with Crippen molar-refractivity contribution in [2.24, 2.45) is 0 Å². The van der Waals surface area contributed by atoms with Crippen molar-refractivity contribution >= 4 is 24.0 Å². The third-order valence-corrected chi connectivity index (χ3v) is 4.53. The fourth-order valence-corrected chi connectivity index (χ4v) is 2.46. The molecular weight excluding hydrogens is 309 g/mol. The van der Waals surface area contributed by atoms with E-state index in [-0.39, 0.29) is 11.3 Å². The molecule has 0 bridgehead atoms. The summed E-state index contributed by atoms with van der Waals surface area (Å²) in [5, 5.41) is 23.7. The molecule has 1 aliphatic heterocycles. The normalized spacial score (nSPS) is 18.2. The molecule has 0 atom stereocenters. The van der Waals surface area contributed by atoms with Gasteiger partial charge in [-0.2, -0.15) is 5.26 Å². The van der Waals surface area contributed by atoms with Crippen LogP contribution < -0.4 is 10.8 Å². The SMILES string of the molecule is CCCNc1c(B2OC(C)(C)C(C)(C)O2)cc(C#N)cc1[N+](=O)[O-]. The molecule has 1 saturated heterocycles. The summed E-state index contributed by atoms with van der Waals surface area (Å²) in [7, 11) is -0.777. The van der Waals surface area contributed by atoms with Gasteiger partial charge in [-0.05, 0) is 40.2 Å². The maximum Gasteiger partial charge on any atom is 0.497 e. The summed E-state index contributed by atoms with van der Waals surface area (Å²) in [5.74, 6) is 0. The van der Waals surface area contributed by atoms with Crippen molar-refractivity contribution in [3.05, 3.63) is 27.8 Å². The summed E-state index contributed by atoms with van der Waals surface area (Å²) in [5.41, 5.74) is -0.262. The molecule has 0 radical (unpaired) electrons. The average Bonchev–Trinajstić information content (AvgIpc) is 2.72. The topological polar surface area (TPSA) is 97.4 Å². The summed E-state index contributed by atoms with van der Waals surface area (Å²) in [6.07, 6.45) is 0.806. The summed E-state index contributed by atoms with van der Waals surface area (Å²) in [6, 6.07) is 4.83. The molecule has 24 heavy (non-hydrogen) atoms. The highest BCUT2D eigenvalue weighted by molar-refractivity contribution is 6.64. The Balaban J connectivity index is 2.57. The molecule has 1 aromatic carbocycles. The molecule has 0 aromatic heterocycles. The van der Waals surface area contributed by atoms with E-state index in [9.17, 15) is 15.4 Å². The summed E-state index contributed by atoms with van der Waals surface area (Å²) in [4.78, 5) is 11.0. The molecule has 1 aromatic rings. The number of anilines is 1. The number of rotatable bonds is 5. The van der Waals surface area contributed by atoms with E-state index in [1.54, 1.807) is 6.07 Å². The van der Waals surface area contributed by atoms with Crippen molar-refractivity contribution in [1.82, 2.24) is 0 Å². The smallest absolute Gasteiger partial charge is 0.399 e. The van der Waals surface area contributed by atoms with E-state index in [1.165, 1.54) is 6.07 Å². The van der Waals surface area contributed by atoms with Crippen LogP contribution in [0.3, 0.4) is 0 Å². The Morgan fingerprint density at radius 3 is 2.33 bits per heavy atom. The summed E-state index contributed by atoms with van der Waals surface area (Å²) < 4.78 is 12.0. The molecule has 1 heterocycles. The van der Waals surface area contributed by atoms with Crippen LogP contribution in [0.2, 0.25) is 0 Å². The van der Waals surface area contributed by atoms with E-state index in [0.29, 0.717) is 17.7 Å². The number of benzene rings is 1. The lowest BCUT2D eigenvalue weighted by Gasteiger charge is -2.32. The zero-order valence-corrected chi connectivity index (χ0v) is 14.7. The highest BCUT2D eigenvalue weighted by Crippen LogP contribution is 2.38.